The quantitative estimate of drug-likeness (QED) is 0.232. The zero-order chi connectivity index (χ0) is 28.3. The molecule has 206 valence electrons. The van der Waals surface area contributed by atoms with Crippen LogP contribution in [0.1, 0.15) is 79.4 Å². The Balaban J connectivity index is 0.000000371. The van der Waals surface area contributed by atoms with Crippen LogP contribution in [0.4, 0.5) is 4.11 Å². The lowest BCUT2D eigenvalue weighted by Crippen LogP contribution is -2.49. The van der Waals surface area contributed by atoms with Gasteiger partial charge in [0.15, 0.2) is 0 Å². The Bertz CT molecular complexity index is 954. The van der Waals surface area contributed by atoms with Gasteiger partial charge in [-0.3, -0.25) is 9.59 Å². The van der Waals surface area contributed by atoms with Crippen molar-refractivity contribution in [3.63, 3.8) is 0 Å². The first-order valence-corrected chi connectivity index (χ1v) is 17.4. The van der Waals surface area contributed by atoms with Crippen LogP contribution in [0.2, 0.25) is 22.2 Å². The SMILES string of the molecule is CC(C)[SiH](c1ccc(CCC(=O)O)cc1)C(C)C.CC(C)[Si](F)(c1ccc(CCC(=O)O)cc1)C(C)C. The van der Waals surface area contributed by atoms with E-state index in [1.807, 2.05) is 52.0 Å². The van der Waals surface area contributed by atoms with E-state index in [-0.39, 0.29) is 23.9 Å². The Hall–Kier alpha value is -2.26. The zero-order valence-corrected chi connectivity index (χ0v) is 26.1. The molecule has 0 aliphatic rings. The first kappa shape index (κ1) is 32.8. The maximum absolute atomic E-state index is 15.3. The summed E-state index contributed by atoms with van der Waals surface area (Å²) >= 11 is 0. The molecule has 0 unspecified atom stereocenters. The van der Waals surface area contributed by atoms with E-state index >= 15 is 4.11 Å². The molecule has 37 heavy (non-hydrogen) atoms. The summed E-state index contributed by atoms with van der Waals surface area (Å²) in [5.41, 5.74) is 3.68. The van der Waals surface area contributed by atoms with Gasteiger partial charge in [-0.05, 0) is 51.3 Å². The lowest BCUT2D eigenvalue weighted by Gasteiger charge is -2.30. The van der Waals surface area contributed by atoms with Crippen molar-refractivity contribution < 1.29 is 23.9 Å². The highest BCUT2D eigenvalue weighted by Gasteiger charge is 2.43. The second-order valence-corrected chi connectivity index (χ2v) is 20.1. The average molecular weight is 547 g/mol. The summed E-state index contributed by atoms with van der Waals surface area (Å²) in [6.45, 7) is 17.1. The maximum Gasteiger partial charge on any atom is 0.303 e. The highest BCUT2D eigenvalue weighted by molar-refractivity contribution is 6.88. The molecule has 2 aromatic rings. The Kier molecular flexibility index (Phi) is 13.5. The molecule has 4 nitrogen and oxygen atoms in total. The molecule has 2 N–H and O–H groups in total. The standard InChI is InChI=1S/C15H23FO2Si.C15H24O2Si/c1-11(2)19(16,12(3)4)14-8-5-13(6-9-14)7-10-15(17)18;1-11(2)18(12(3)4)14-8-5-13(6-9-14)7-10-15(16)17/h5-6,8-9,11-12H,7,10H2,1-4H3,(H,17,18);5-6,8-9,11-12,18H,7,10H2,1-4H3,(H,16,17). The third-order valence-electron chi connectivity index (χ3n) is 7.13. The third-order valence-corrected chi connectivity index (χ3v) is 15.7. The second kappa shape index (κ2) is 15.2. The van der Waals surface area contributed by atoms with Crippen molar-refractivity contribution in [2.24, 2.45) is 0 Å². The van der Waals surface area contributed by atoms with Crippen LogP contribution in [-0.4, -0.2) is 39.4 Å². The lowest BCUT2D eigenvalue weighted by molar-refractivity contribution is -0.138. The van der Waals surface area contributed by atoms with Gasteiger partial charge in [0.25, 0.3) is 8.41 Å². The Morgan fingerprint density at radius 3 is 1.35 bits per heavy atom. The number of carboxylic acids is 2. The summed E-state index contributed by atoms with van der Waals surface area (Å²) in [4.78, 5) is 21.1. The van der Waals surface area contributed by atoms with Crippen molar-refractivity contribution in [3.8, 4) is 0 Å². The minimum atomic E-state index is -2.96. The largest absolute Gasteiger partial charge is 0.481 e. The van der Waals surface area contributed by atoms with E-state index in [0.717, 1.165) is 27.4 Å². The van der Waals surface area contributed by atoms with Gasteiger partial charge in [-0.15, -0.1) is 0 Å². The molecule has 0 heterocycles. The minimum Gasteiger partial charge on any atom is -0.481 e. The number of carbonyl (C=O) groups is 2. The van der Waals surface area contributed by atoms with Crippen molar-refractivity contribution in [1.82, 2.24) is 0 Å². The van der Waals surface area contributed by atoms with E-state index in [4.69, 9.17) is 10.2 Å². The number of hydrogen-bond acceptors (Lipinski definition) is 2. The molecule has 7 heteroatoms. The lowest BCUT2D eigenvalue weighted by atomic mass is 10.1. The molecular weight excluding hydrogens is 499 g/mol. The smallest absolute Gasteiger partial charge is 0.303 e. The summed E-state index contributed by atoms with van der Waals surface area (Å²) < 4.78 is 15.3. The van der Waals surface area contributed by atoms with Gasteiger partial charge >= 0.3 is 11.9 Å². The fourth-order valence-corrected chi connectivity index (χ4v) is 12.3. The van der Waals surface area contributed by atoms with Gasteiger partial charge in [-0.2, -0.15) is 0 Å². The number of rotatable bonds is 12. The summed E-state index contributed by atoms with van der Waals surface area (Å²) in [6, 6.07) is 16.1. The number of carboxylic acid groups (broad SMARTS) is 2. The highest BCUT2D eigenvalue weighted by Crippen LogP contribution is 2.33. The molecule has 0 fully saturated rings. The third kappa shape index (κ3) is 10.2. The van der Waals surface area contributed by atoms with Gasteiger partial charge in [0.1, 0.15) is 0 Å². The number of aryl methyl sites for hydroxylation is 2. The number of aliphatic carboxylic acids is 2. The van der Waals surface area contributed by atoms with E-state index in [2.05, 4.69) is 52.0 Å². The van der Waals surface area contributed by atoms with E-state index in [0.29, 0.717) is 12.8 Å². The van der Waals surface area contributed by atoms with Crippen LogP contribution >= 0.6 is 0 Å². The van der Waals surface area contributed by atoms with Crippen LogP contribution in [0.5, 0.6) is 0 Å². The molecular formula is C30H47FO4Si2. The molecule has 0 radical (unpaired) electrons. The van der Waals surface area contributed by atoms with E-state index in [9.17, 15) is 9.59 Å². The fourth-order valence-electron chi connectivity index (χ4n) is 5.21. The highest BCUT2D eigenvalue weighted by atomic mass is 28.4. The molecule has 0 saturated heterocycles. The predicted molar refractivity (Wildman–Crippen MR) is 158 cm³/mol. The molecule has 0 saturated carbocycles. The molecule has 0 atom stereocenters. The summed E-state index contributed by atoms with van der Waals surface area (Å²) in [5.74, 6) is -1.53. The van der Waals surface area contributed by atoms with Crippen LogP contribution in [0.25, 0.3) is 0 Å². The zero-order valence-electron chi connectivity index (χ0n) is 23.9. The van der Waals surface area contributed by atoms with Crippen molar-refractivity contribution in [3.05, 3.63) is 59.7 Å². The molecule has 0 amide bonds. The van der Waals surface area contributed by atoms with Crippen LogP contribution in [0.15, 0.2) is 48.5 Å². The second-order valence-electron chi connectivity index (χ2n) is 11.3. The Morgan fingerprint density at radius 2 is 1.05 bits per heavy atom. The van der Waals surface area contributed by atoms with Gasteiger partial charge in [-0.1, -0.05) is 109 Å². The normalized spacial score (nSPS) is 11.8. The monoisotopic (exact) mass is 546 g/mol. The topological polar surface area (TPSA) is 74.6 Å². The molecule has 2 rings (SSSR count). The van der Waals surface area contributed by atoms with Gasteiger partial charge < -0.3 is 14.3 Å². The van der Waals surface area contributed by atoms with Crippen LogP contribution in [0.3, 0.4) is 0 Å². The summed E-state index contributed by atoms with van der Waals surface area (Å²) in [7, 11) is -3.88. The van der Waals surface area contributed by atoms with Crippen molar-refractivity contribution >= 4 is 39.5 Å². The van der Waals surface area contributed by atoms with Crippen LogP contribution in [0, 0.1) is 0 Å². The molecule has 0 bridgehead atoms. The first-order chi connectivity index (χ1) is 17.2. The first-order valence-electron chi connectivity index (χ1n) is 13.5. The van der Waals surface area contributed by atoms with Gasteiger partial charge in [0.2, 0.25) is 0 Å². The molecule has 0 spiro atoms. The van der Waals surface area contributed by atoms with Gasteiger partial charge in [-0.25, -0.2) is 0 Å². The molecule has 0 aliphatic heterocycles. The van der Waals surface area contributed by atoms with Gasteiger partial charge in [0.05, 0.1) is 8.80 Å². The van der Waals surface area contributed by atoms with Gasteiger partial charge in [0, 0.05) is 12.8 Å². The number of benzene rings is 2. The molecule has 0 aliphatic carbocycles. The van der Waals surface area contributed by atoms with E-state index < -0.39 is 29.1 Å². The predicted octanol–water partition coefficient (Wildman–Crippen LogP) is 6.60. The molecule has 0 aromatic heterocycles. The van der Waals surface area contributed by atoms with E-state index in [1.165, 1.54) is 5.19 Å². The van der Waals surface area contributed by atoms with E-state index in [1.54, 1.807) is 0 Å². The van der Waals surface area contributed by atoms with Crippen LogP contribution in [-0.2, 0) is 22.4 Å². The fraction of sp³-hybridized carbons (Fsp3) is 0.533. The van der Waals surface area contributed by atoms with Crippen LogP contribution < -0.4 is 10.4 Å². The number of hydrogen-bond donors (Lipinski definition) is 2. The Labute approximate surface area is 226 Å². The van der Waals surface area contributed by atoms with Crippen molar-refractivity contribution in [1.29, 1.82) is 0 Å². The van der Waals surface area contributed by atoms with Crippen molar-refractivity contribution in [2.75, 3.05) is 0 Å². The maximum atomic E-state index is 15.3. The van der Waals surface area contributed by atoms with Crippen molar-refractivity contribution in [2.45, 2.75) is 103 Å². The molecule has 2 aromatic carbocycles. The summed E-state index contributed by atoms with van der Waals surface area (Å²) in [5, 5.41) is 19.6. The number of halogens is 1. The Morgan fingerprint density at radius 1 is 0.703 bits per heavy atom. The summed E-state index contributed by atoms with van der Waals surface area (Å²) in [6.07, 6.45) is 1.46. The average Bonchev–Trinajstić information content (AvgIpc) is 2.81. The minimum absolute atomic E-state index is 0.0392.